The normalized spacial score (nSPS) is 17.4. The fraction of sp³-hybridized carbons (Fsp3) is 0.312. The number of esters is 1. The zero-order chi connectivity index (χ0) is 17.0. The first-order valence-electron chi connectivity index (χ1n) is 6.99. The fourth-order valence-corrected chi connectivity index (χ4v) is 2.46. The first-order chi connectivity index (χ1) is 11.0. The molecule has 7 nitrogen and oxygen atoms in total. The van der Waals surface area contributed by atoms with Gasteiger partial charge in [-0.1, -0.05) is 6.07 Å². The summed E-state index contributed by atoms with van der Waals surface area (Å²) in [5.74, 6) is -0.781. The van der Waals surface area contributed by atoms with Gasteiger partial charge >= 0.3 is 5.97 Å². The molecule has 0 bridgehead atoms. The van der Waals surface area contributed by atoms with Crippen LogP contribution < -0.4 is 10.5 Å². The van der Waals surface area contributed by atoms with Gasteiger partial charge in [0.25, 0.3) is 0 Å². The molecule has 1 aliphatic heterocycles. The van der Waals surface area contributed by atoms with Gasteiger partial charge in [-0.25, -0.2) is 9.78 Å². The van der Waals surface area contributed by atoms with Crippen LogP contribution in [-0.2, 0) is 14.3 Å². The number of nitriles is 1. The average molecular weight is 315 g/mol. The van der Waals surface area contributed by atoms with E-state index in [0.29, 0.717) is 11.4 Å². The van der Waals surface area contributed by atoms with Crippen molar-refractivity contribution in [3.05, 3.63) is 46.7 Å². The molecule has 7 heteroatoms. The maximum absolute atomic E-state index is 12.4. The van der Waals surface area contributed by atoms with Crippen LogP contribution in [0, 0.1) is 11.3 Å². The highest BCUT2D eigenvalue weighted by Gasteiger charge is 2.38. The lowest BCUT2D eigenvalue weighted by molar-refractivity contribution is -0.139. The summed E-state index contributed by atoms with van der Waals surface area (Å²) in [7, 11) is 1.46. The second-order valence-corrected chi connectivity index (χ2v) is 4.72. The topological polar surface area (TPSA) is 107 Å². The van der Waals surface area contributed by atoms with Crippen LogP contribution >= 0.6 is 0 Å². The quantitative estimate of drug-likeness (QED) is 0.843. The zero-order valence-electron chi connectivity index (χ0n) is 13.1. The van der Waals surface area contributed by atoms with Crippen LogP contribution in [0.15, 0.2) is 41.1 Å². The molecule has 1 aliphatic rings. The van der Waals surface area contributed by atoms with Crippen molar-refractivity contribution in [2.24, 2.45) is 5.73 Å². The standard InChI is InChI=1S/C16H17N3O4/c1-4-22-16(20)12-9(2)23-14(18)11(8-17)13(12)10-6-5-7-19-15(10)21-3/h5-7,13H,4,18H2,1-3H3. The molecule has 2 heterocycles. The van der Waals surface area contributed by atoms with E-state index in [4.69, 9.17) is 19.9 Å². The van der Waals surface area contributed by atoms with Gasteiger partial charge in [0.05, 0.1) is 25.2 Å². The third kappa shape index (κ3) is 2.97. The molecule has 0 aromatic carbocycles. The molecule has 0 amide bonds. The lowest BCUT2D eigenvalue weighted by atomic mass is 9.83. The van der Waals surface area contributed by atoms with Gasteiger partial charge in [-0.2, -0.15) is 5.26 Å². The number of aromatic nitrogens is 1. The number of hydrogen-bond donors (Lipinski definition) is 1. The predicted molar refractivity (Wildman–Crippen MR) is 80.8 cm³/mol. The minimum absolute atomic E-state index is 0.0473. The van der Waals surface area contributed by atoms with Crippen molar-refractivity contribution in [2.45, 2.75) is 19.8 Å². The van der Waals surface area contributed by atoms with Crippen molar-refractivity contribution in [3.8, 4) is 11.9 Å². The molecule has 1 unspecified atom stereocenters. The smallest absolute Gasteiger partial charge is 0.338 e. The summed E-state index contributed by atoms with van der Waals surface area (Å²) >= 11 is 0. The van der Waals surface area contributed by atoms with Crippen LogP contribution in [0.25, 0.3) is 0 Å². The molecule has 2 N–H and O–H groups in total. The lowest BCUT2D eigenvalue weighted by Gasteiger charge is -2.27. The van der Waals surface area contributed by atoms with E-state index in [1.54, 1.807) is 32.2 Å². The minimum Gasteiger partial charge on any atom is -0.481 e. The first kappa shape index (κ1) is 16.4. The number of allylic oxidation sites excluding steroid dienone is 2. The Morgan fingerprint density at radius 2 is 2.30 bits per heavy atom. The Balaban J connectivity index is 2.67. The van der Waals surface area contributed by atoms with Gasteiger partial charge in [-0.15, -0.1) is 0 Å². The van der Waals surface area contributed by atoms with Crippen molar-refractivity contribution in [1.82, 2.24) is 4.98 Å². The highest BCUT2D eigenvalue weighted by atomic mass is 16.5. The number of hydrogen-bond acceptors (Lipinski definition) is 7. The van der Waals surface area contributed by atoms with Crippen LogP contribution in [0.5, 0.6) is 5.88 Å². The molecule has 0 saturated carbocycles. The van der Waals surface area contributed by atoms with Crippen LogP contribution in [0.4, 0.5) is 0 Å². The van der Waals surface area contributed by atoms with Gasteiger partial charge < -0.3 is 19.9 Å². The van der Waals surface area contributed by atoms with Crippen molar-refractivity contribution in [1.29, 1.82) is 5.26 Å². The zero-order valence-corrected chi connectivity index (χ0v) is 13.1. The van der Waals surface area contributed by atoms with Crippen molar-refractivity contribution < 1.29 is 19.0 Å². The van der Waals surface area contributed by atoms with E-state index in [-0.39, 0.29) is 29.4 Å². The second-order valence-electron chi connectivity index (χ2n) is 4.72. The maximum atomic E-state index is 12.4. The summed E-state index contributed by atoms with van der Waals surface area (Å²) in [5.41, 5.74) is 6.69. The Hall–Kier alpha value is -3.01. The number of ether oxygens (including phenoxy) is 3. The Labute approximate surface area is 134 Å². The Morgan fingerprint density at radius 3 is 2.91 bits per heavy atom. The van der Waals surface area contributed by atoms with E-state index in [9.17, 15) is 10.1 Å². The van der Waals surface area contributed by atoms with Gasteiger partial charge in [0.1, 0.15) is 17.4 Å². The molecule has 0 saturated heterocycles. The lowest BCUT2D eigenvalue weighted by Crippen LogP contribution is -2.26. The van der Waals surface area contributed by atoms with E-state index >= 15 is 0 Å². The van der Waals surface area contributed by atoms with Gasteiger partial charge in [-0.05, 0) is 19.9 Å². The summed E-state index contributed by atoms with van der Waals surface area (Å²) in [6, 6.07) is 5.42. The number of pyridine rings is 1. The van der Waals surface area contributed by atoms with Gasteiger partial charge in [0.2, 0.25) is 11.8 Å². The van der Waals surface area contributed by atoms with E-state index < -0.39 is 11.9 Å². The number of nitrogens with zero attached hydrogens (tertiary/aromatic N) is 2. The van der Waals surface area contributed by atoms with Gasteiger partial charge in [0.15, 0.2) is 0 Å². The summed E-state index contributed by atoms with van der Waals surface area (Å²) in [6.45, 7) is 3.50. The maximum Gasteiger partial charge on any atom is 0.338 e. The van der Waals surface area contributed by atoms with Crippen LogP contribution in [0.1, 0.15) is 25.3 Å². The molecule has 1 aromatic heterocycles. The van der Waals surface area contributed by atoms with Crippen molar-refractivity contribution >= 4 is 5.97 Å². The molecular weight excluding hydrogens is 298 g/mol. The van der Waals surface area contributed by atoms with Crippen LogP contribution in [-0.4, -0.2) is 24.7 Å². The molecular formula is C16H17N3O4. The molecule has 1 atom stereocenters. The third-order valence-electron chi connectivity index (χ3n) is 3.41. The van der Waals surface area contributed by atoms with E-state index in [1.807, 2.05) is 6.07 Å². The predicted octanol–water partition coefficient (Wildman–Crippen LogP) is 1.73. The molecule has 0 aliphatic carbocycles. The second kappa shape index (κ2) is 6.83. The Morgan fingerprint density at radius 1 is 1.57 bits per heavy atom. The summed E-state index contributed by atoms with van der Waals surface area (Å²) < 4.78 is 15.7. The molecule has 1 aromatic rings. The van der Waals surface area contributed by atoms with Gasteiger partial charge in [-0.3, -0.25) is 0 Å². The van der Waals surface area contributed by atoms with E-state index in [1.165, 1.54) is 7.11 Å². The summed E-state index contributed by atoms with van der Waals surface area (Å²) in [4.78, 5) is 16.5. The summed E-state index contributed by atoms with van der Waals surface area (Å²) in [6.07, 6.45) is 1.56. The Bertz CT molecular complexity index is 731. The highest BCUT2D eigenvalue weighted by molar-refractivity contribution is 5.92. The van der Waals surface area contributed by atoms with Crippen LogP contribution in [0.2, 0.25) is 0 Å². The molecule has 23 heavy (non-hydrogen) atoms. The van der Waals surface area contributed by atoms with Gasteiger partial charge in [0, 0.05) is 11.8 Å². The number of carbonyl (C=O) groups excluding carboxylic acids is 1. The third-order valence-corrected chi connectivity index (χ3v) is 3.41. The van der Waals surface area contributed by atoms with E-state index in [0.717, 1.165) is 0 Å². The van der Waals surface area contributed by atoms with E-state index in [2.05, 4.69) is 4.98 Å². The molecule has 2 rings (SSSR count). The first-order valence-corrected chi connectivity index (χ1v) is 6.99. The largest absolute Gasteiger partial charge is 0.481 e. The van der Waals surface area contributed by atoms with Crippen molar-refractivity contribution in [3.63, 3.8) is 0 Å². The molecule has 0 radical (unpaired) electrons. The summed E-state index contributed by atoms with van der Waals surface area (Å²) in [5, 5.41) is 9.47. The Kier molecular flexibility index (Phi) is 4.86. The average Bonchev–Trinajstić information content (AvgIpc) is 2.54. The monoisotopic (exact) mass is 315 g/mol. The van der Waals surface area contributed by atoms with Crippen molar-refractivity contribution in [2.75, 3.05) is 13.7 Å². The number of methoxy groups -OCH3 is 1. The molecule has 0 fully saturated rings. The molecule has 120 valence electrons. The fourth-order valence-electron chi connectivity index (χ4n) is 2.46. The number of rotatable bonds is 4. The highest BCUT2D eigenvalue weighted by Crippen LogP contribution is 2.42. The van der Waals surface area contributed by atoms with Crippen LogP contribution in [0.3, 0.4) is 0 Å². The number of carbonyl (C=O) groups is 1. The SMILES string of the molecule is CCOC(=O)C1=C(C)OC(N)=C(C#N)C1c1cccnc1OC. The number of nitrogens with two attached hydrogens (primary N) is 1. The minimum atomic E-state index is -0.753. The molecule has 0 spiro atoms.